The van der Waals surface area contributed by atoms with Crippen molar-refractivity contribution in [3.05, 3.63) is 65.2 Å². The standard InChI is InChI=1S/C20H26N2/c1-14-12-17(8-9-18(14)21)20(16-6-4-3-5-7-16)11-10-19(22)15(2)13-20/h3-9,12,15,19H,10-11,13,21-22H2,1-2H3. The van der Waals surface area contributed by atoms with Crippen LogP contribution in [0.5, 0.6) is 0 Å². The van der Waals surface area contributed by atoms with E-state index in [4.69, 9.17) is 11.5 Å². The third-order valence-electron chi connectivity index (χ3n) is 5.45. The fraction of sp³-hybridized carbons (Fsp3) is 0.400. The lowest BCUT2D eigenvalue weighted by molar-refractivity contribution is 0.239. The van der Waals surface area contributed by atoms with Crippen molar-refractivity contribution in [3.63, 3.8) is 0 Å². The number of nitrogen functional groups attached to an aromatic ring is 1. The van der Waals surface area contributed by atoms with Gasteiger partial charge >= 0.3 is 0 Å². The van der Waals surface area contributed by atoms with E-state index in [0.717, 1.165) is 30.5 Å². The summed E-state index contributed by atoms with van der Waals surface area (Å²) in [7, 11) is 0. The van der Waals surface area contributed by atoms with Crippen LogP contribution < -0.4 is 11.5 Å². The molecule has 116 valence electrons. The first-order valence-corrected chi connectivity index (χ1v) is 8.21. The van der Waals surface area contributed by atoms with Crippen molar-refractivity contribution >= 4 is 5.69 Å². The normalized spacial score (nSPS) is 28.5. The van der Waals surface area contributed by atoms with E-state index >= 15 is 0 Å². The van der Waals surface area contributed by atoms with Crippen molar-refractivity contribution in [3.8, 4) is 0 Å². The molecular formula is C20H26N2. The molecule has 0 aromatic heterocycles. The van der Waals surface area contributed by atoms with Crippen LogP contribution in [0.1, 0.15) is 42.9 Å². The Bertz CT molecular complexity index is 650. The highest BCUT2D eigenvalue weighted by Crippen LogP contribution is 2.46. The Labute approximate surface area is 133 Å². The van der Waals surface area contributed by atoms with E-state index in [-0.39, 0.29) is 5.41 Å². The van der Waals surface area contributed by atoms with Gasteiger partial charge in [-0.2, -0.15) is 0 Å². The topological polar surface area (TPSA) is 52.0 Å². The molecule has 1 aliphatic rings. The number of hydrogen-bond acceptors (Lipinski definition) is 2. The van der Waals surface area contributed by atoms with Crippen molar-refractivity contribution in [2.45, 2.75) is 44.6 Å². The van der Waals surface area contributed by atoms with Gasteiger partial charge in [0.25, 0.3) is 0 Å². The number of aryl methyl sites for hydroxylation is 1. The first-order valence-electron chi connectivity index (χ1n) is 8.21. The molecule has 22 heavy (non-hydrogen) atoms. The fourth-order valence-electron chi connectivity index (χ4n) is 3.92. The molecule has 0 bridgehead atoms. The second-order valence-corrected chi connectivity index (χ2v) is 6.90. The molecule has 2 heteroatoms. The Hall–Kier alpha value is -1.80. The summed E-state index contributed by atoms with van der Waals surface area (Å²) in [5.74, 6) is 0.520. The second-order valence-electron chi connectivity index (χ2n) is 6.90. The summed E-state index contributed by atoms with van der Waals surface area (Å²) in [6.45, 7) is 4.38. The molecule has 0 radical (unpaired) electrons. The summed E-state index contributed by atoms with van der Waals surface area (Å²) in [6.07, 6.45) is 3.27. The number of rotatable bonds is 2. The maximum absolute atomic E-state index is 6.29. The van der Waals surface area contributed by atoms with Gasteiger partial charge in [0.05, 0.1) is 0 Å². The van der Waals surface area contributed by atoms with Crippen molar-refractivity contribution < 1.29 is 0 Å². The zero-order valence-corrected chi connectivity index (χ0v) is 13.5. The molecule has 2 aromatic rings. The van der Waals surface area contributed by atoms with Gasteiger partial charge in [-0.25, -0.2) is 0 Å². The predicted octanol–water partition coefficient (Wildman–Crippen LogP) is 4.01. The van der Waals surface area contributed by atoms with Crippen LogP contribution in [0, 0.1) is 12.8 Å². The zero-order chi connectivity index (χ0) is 15.7. The van der Waals surface area contributed by atoms with E-state index in [1.54, 1.807) is 0 Å². The molecule has 3 atom stereocenters. The van der Waals surface area contributed by atoms with Gasteiger partial charge in [0.2, 0.25) is 0 Å². The zero-order valence-electron chi connectivity index (χ0n) is 13.5. The van der Waals surface area contributed by atoms with Crippen LogP contribution in [0.2, 0.25) is 0 Å². The van der Waals surface area contributed by atoms with E-state index in [2.05, 4.69) is 62.4 Å². The van der Waals surface area contributed by atoms with Crippen LogP contribution in [-0.4, -0.2) is 6.04 Å². The summed E-state index contributed by atoms with van der Waals surface area (Å²) in [5, 5.41) is 0. The Morgan fingerprint density at radius 1 is 1.05 bits per heavy atom. The van der Waals surface area contributed by atoms with Gasteiger partial charge in [-0.15, -0.1) is 0 Å². The summed E-state index contributed by atoms with van der Waals surface area (Å²) in [4.78, 5) is 0. The van der Waals surface area contributed by atoms with Gasteiger partial charge in [-0.1, -0.05) is 49.4 Å². The minimum Gasteiger partial charge on any atom is -0.399 e. The van der Waals surface area contributed by atoms with Crippen LogP contribution in [0.25, 0.3) is 0 Å². The summed E-state index contributed by atoms with van der Waals surface area (Å²) in [6, 6.07) is 17.7. The van der Waals surface area contributed by atoms with Crippen LogP contribution >= 0.6 is 0 Å². The Kier molecular flexibility index (Phi) is 3.96. The minimum atomic E-state index is 0.0645. The monoisotopic (exact) mass is 294 g/mol. The van der Waals surface area contributed by atoms with Crippen LogP contribution in [-0.2, 0) is 5.41 Å². The maximum Gasteiger partial charge on any atom is 0.0343 e. The smallest absolute Gasteiger partial charge is 0.0343 e. The van der Waals surface area contributed by atoms with Gasteiger partial charge in [-0.05, 0) is 54.9 Å². The summed E-state index contributed by atoms with van der Waals surface area (Å²) in [5.41, 5.74) is 17.2. The predicted molar refractivity (Wildman–Crippen MR) is 93.8 cm³/mol. The van der Waals surface area contributed by atoms with E-state index in [1.165, 1.54) is 11.1 Å². The Balaban J connectivity index is 2.13. The highest BCUT2D eigenvalue weighted by molar-refractivity contribution is 5.51. The largest absolute Gasteiger partial charge is 0.399 e. The molecule has 2 aromatic carbocycles. The molecule has 4 N–H and O–H groups in total. The van der Waals surface area contributed by atoms with E-state index in [0.29, 0.717) is 12.0 Å². The van der Waals surface area contributed by atoms with E-state index < -0.39 is 0 Å². The van der Waals surface area contributed by atoms with Crippen molar-refractivity contribution in [1.29, 1.82) is 0 Å². The molecule has 1 aliphatic carbocycles. The summed E-state index contributed by atoms with van der Waals surface area (Å²) >= 11 is 0. The highest BCUT2D eigenvalue weighted by Gasteiger charge is 2.40. The molecule has 0 saturated heterocycles. The maximum atomic E-state index is 6.29. The number of benzene rings is 2. The minimum absolute atomic E-state index is 0.0645. The molecule has 3 rings (SSSR count). The number of anilines is 1. The fourth-order valence-corrected chi connectivity index (χ4v) is 3.92. The quantitative estimate of drug-likeness (QED) is 0.822. The molecule has 1 saturated carbocycles. The van der Waals surface area contributed by atoms with Crippen LogP contribution in [0.15, 0.2) is 48.5 Å². The molecule has 3 unspecified atom stereocenters. The third kappa shape index (κ3) is 2.52. The molecule has 2 nitrogen and oxygen atoms in total. The first kappa shape index (κ1) is 15.1. The van der Waals surface area contributed by atoms with Gasteiger partial charge in [-0.3, -0.25) is 0 Å². The second kappa shape index (κ2) is 5.77. The SMILES string of the molecule is Cc1cc(C2(c3ccccc3)CCC(N)C(C)C2)ccc1N. The van der Waals surface area contributed by atoms with Crippen molar-refractivity contribution in [1.82, 2.24) is 0 Å². The number of hydrogen-bond donors (Lipinski definition) is 2. The van der Waals surface area contributed by atoms with E-state index in [9.17, 15) is 0 Å². The van der Waals surface area contributed by atoms with E-state index in [1.807, 2.05) is 0 Å². The first-order chi connectivity index (χ1) is 10.5. The molecule has 0 spiro atoms. The molecule has 0 aliphatic heterocycles. The Morgan fingerprint density at radius 2 is 1.77 bits per heavy atom. The number of nitrogens with two attached hydrogens (primary N) is 2. The Morgan fingerprint density at radius 3 is 2.41 bits per heavy atom. The van der Waals surface area contributed by atoms with Gasteiger partial charge in [0, 0.05) is 17.1 Å². The van der Waals surface area contributed by atoms with Crippen molar-refractivity contribution in [2.24, 2.45) is 11.7 Å². The lowest BCUT2D eigenvalue weighted by Crippen LogP contribution is -2.43. The average molecular weight is 294 g/mol. The van der Waals surface area contributed by atoms with Crippen molar-refractivity contribution in [2.75, 3.05) is 5.73 Å². The lowest BCUT2D eigenvalue weighted by atomic mass is 9.61. The van der Waals surface area contributed by atoms with Gasteiger partial charge in [0.1, 0.15) is 0 Å². The van der Waals surface area contributed by atoms with Gasteiger partial charge < -0.3 is 11.5 Å². The average Bonchev–Trinajstić information content (AvgIpc) is 2.54. The van der Waals surface area contributed by atoms with Crippen LogP contribution in [0.3, 0.4) is 0 Å². The highest BCUT2D eigenvalue weighted by atomic mass is 14.7. The van der Waals surface area contributed by atoms with Crippen LogP contribution in [0.4, 0.5) is 5.69 Å². The molecule has 0 heterocycles. The van der Waals surface area contributed by atoms with Gasteiger partial charge in [0.15, 0.2) is 0 Å². The molecular weight excluding hydrogens is 268 g/mol. The molecule has 1 fully saturated rings. The summed E-state index contributed by atoms with van der Waals surface area (Å²) < 4.78 is 0. The lowest BCUT2D eigenvalue weighted by Gasteiger charge is -2.44. The molecule has 0 amide bonds. The third-order valence-corrected chi connectivity index (χ3v) is 5.45.